The summed E-state index contributed by atoms with van der Waals surface area (Å²) in [7, 11) is 1.47. The van der Waals surface area contributed by atoms with Crippen LogP contribution in [0, 0.1) is 5.92 Å². The van der Waals surface area contributed by atoms with Crippen LogP contribution in [0.1, 0.15) is 33.6 Å². The lowest BCUT2D eigenvalue weighted by molar-refractivity contribution is -0.153. The Morgan fingerprint density at radius 3 is 2.45 bits per heavy atom. The molecule has 0 bridgehead atoms. The Labute approximate surface area is 175 Å². The van der Waals surface area contributed by atoms with Gasteiger partial charge in [0.15, 0.2) is 6.61 Å². The highest BCUT2D eigenvalue weighted by molar-refractivity contribution is 6.31. The van der Waals surface area contributed by atoms with Crippen molar-refractivity contribution in [3.63, 3.8) is 0 Å². The molecule has 8 nitrogen and oxygen atoms in total. The van der Waals surface area contributed by atoms with Gasteiger partial charge in [0.2, 0.25) is 0 Å². The number of hydrogen-bond donors (Lipinski definition) is 1. The first-order valence-corrected chi connectivity index (χ1v) is 9.75. The van der Waals surface area contributed by atoms with Crippen LogP contribution in [0.4, 0.5) is 10.5 Å². The van der Waals surface area contributed by atoms with Crippen LogP contribution in [0.5, 0.6) is 5.75 Å². The maximum Gasteiger partial charge on any atom is 0.410 e. The summed E-state index contributed by atoms with van der Waals surface area (Å²) in [6.45, 7) is 5.80. The number of rotatable bonds is 5. The van der Waals surface area contributed by atoms with Gasteiger partial charge in [0.1, 0.15) is 11.4 Å². The molecule has 9 heteroatoms. The topological polar surface area (TPSA) is 94.2 Å². The van der Waals surface area contributed by atoms with E-state index >= 15 is 0 Å². The summed E-state index contributed by atoms with van der Waals surface area (Å²) in [6, 6.07) is 4.81. The molecule has 2 rings (SSSR count). The van der Waals surface area contributed by atoms with E-state index in [1.165, 1.54) is 7.11 Å². The van der Waals surface area contributed by atoms with Crippen molar-refractivity contribution in [1.29, 1.82) is 0 Å². The number of halogens is 1. The highest BCUT2D eigenvalue weighted by Gasteiger charge is 2.31. The molecule has 1 fully saturated rings. The highest BCUT2D eigenvalue weighted by Crippen LogP contribution is 2.27. The zero-order valence-corrected chi connectivity index (χ0v) is 17.9. The number of likely N-dealkylation sites (tertiary alicyclic amines) is 1. The first-order valence-electron chi connectivity index (χ1n) is 9.37. The van der Waals surface area contributed by atoms with Gasteiger partial charge in [-0.25, -0.2) is 4.79 Å². The Hall–Kier alpha value is -2.48. The molecular weight excluding hydrogens is 400 g/mol. The molecule has 1 saturated heterocycles. The monoisotopic (exact) mass is 426 g/mol. The lowest BCUT2D eigenvalue weighted by Crippen LogP contribution is -2.43. The van der Waals surface area contributed by atoms with Crippen molar-refractivity contribution < 1.29 is 28.6 Å². The zero-order valence-electron chi connectivity index (χ0n) is 17.1. The third-order valence-electron chi connectivity index (χ3n) is 4.26. The number of carbonyl (C=O) groups excluding carboxylic acids is 3. The number of amides is 2. The van der Waals surface area contributed by atoms with Gasteiger partial charge in [-0.05, 0) is 51.8 Å². The number of piperidine rings is 1. The van der Waals surface area contributed by atoms with Crippen molar-refractivity contribution in [1.82, 2.24) is 4.90 Å². The van der Waals surface area contributed by atoms with E-state index in [9.17, 15) is 14.4 Å². The zero-order chi connectivity index (χ0) is 21.6. The van der Waals surface area contributed by atoms with E-state index in [1.807, 2.05) is 0 Å². The second kappa shape index (κ2) is 9.82. The summed E-state index contributed by atoms with van der Waals surface area (Å²) < 4.78 is 15.6. The van der Waals surface area contributed by atoms with Crippen LogP contribution >= 0.6 is 11.6 Å². The van der Waals surface area contributed by atoms with E-state index in [0.29, 0.717) is 42.4 Å². The molecule has 0 aromatic heterocycles. The minimum Gasteiger partial charge on any atom is -0.495 e. The lowest BCUT2D eigenvalue weighted by atomic mass is 9.97. The molecule has 1 heterocycles. The van der Waals surface area contributed by atoms with E-state index in [-0.39, 0.29) is 12.0 Å². The molecule has 1 aromatic rings. The van der Waals surface area contributed by atoms with Crippen LogP contribution in [0.25, 0.3) is 0 Å². The van der Waals surface area contributed by atoms with Crippen molar-refractivity contribution in [2.45, 2.75) is 39.2 Å². The highest BCUT2D eigenvalue weighted by atomic mass is 35.5. The first kappa shape index (κ1) is 22.8. The summed E-state index contributed by atoms with van der Waals surface area (Å²) in [4.78, 5) is 38.0. The van der Waals surface area contributed by atoms with Crippen LogP contribution in [0.15, 0.2) is 18.2 Å². The van der Waals surface area contributed by atoms with E-state index < -0.39 is 24.1 Å². The standard InChI is InChI=1S/C20H27ClN2O6/c1-20(2,3)29-19(26)23-9-7-13(8-10-23)18(25)28-12-17(24)22-15-11-14(21)5-6-16(15)27-4/h5-6,11,13H,7-10,12H2,1-4H3,(H,22,24). The van der Waals surface area contributed by atoms with E-state index in [4.69, 9.17) is 25.8 Å². The van der Waals surface area contributed by atoms with Gasteiger partial charge in [0.05, 0.1) is 18.7 Å². The summed E-state index contributed by atoms with van der Waals surface area (Å²) in [5.41, 5.74) is -0.168. The van der Waals surface area contributed by atoms with Crippen LogP contribution in [0.3, 0.4) is 0 Å². The number of benzene rings is 1. The predicted octanol–water partition coefficient (Wildman–Crippen LogP) is 3.48. The van der Waals surface area contributed by atoms with Crippen molar-refractivity contribution in [3.8, 4) is 5.75 Å². The molecule has 2 amide bonds. The van der Waals surface area contributed by atoms with Crippen molar-refractivity contribution in [3.05, 3.63) is 23.2 Å². The number of nitrogens with one attached hydrogen (secondary N) is 1. The van der Waals surface area contributed by atoms with Gasteiger partial charge in [0, 0.05) is 18.1 Å². The fourth-order valence-corrected chi connectivity index (χ4v) is 3.02. The number of ether oxygens (including phenoxy) is 3. The normalized spacial score (nSPS) is 14.9. The number of methoxy groups -OCH3 is 1. The molecule has 1 aromatic carbocycles. The SMILES string of the molecule is COc1ccc(Cl)cc1NC(=O)COC(=O)C1CCN(C(=O)OC(C)(C)C)CC1. The Morgan fingerprint density at radius 2 is 1.86 bits per heavy atom. The van der Waals surface area contributed by atoms with E-state index in [2.05, 4.69) is 5.32 Å². The van der Waals surface area contributed by atoms with Crippen LogP contribution in [-0.4, -0.2) is 55.3 Å². The Morgan fingerprint density at radius 1 is 1.21 bits per heavy atom. The maximum absolute atomic E-state index is 12.3. The van der Waals surface area contributed by atoms with Gasteiger partial charge in [-0.1, -0.05) is 11.6 Å². The molecule has 0 saturated carbocycles. The number of hydrogen-bond acceptors (Lipinski definition) is 6. The van der Waals surface area contributed by atoms with Gasteiger partial charge >= 0.3 is 12.1 Å². The Balaban J connectivity index is 1.78. The smallest absolute Gasteiger partial charge is 0.410 e. The molecule has 1 aliphatic rings. The molecule has 0 radical (unpaired) electrons. The van der Waals surface area contributed by atoms with Gasteiger partial charge < -0.3 is 24.4 Å². The van der Waals surface area contributed by atoms with Crippen LogP contribution in [-0.2, 0) is 19.1 Å². The second-order valence-electron chi connectivity index (χ2n) is 7.74. The largest absolute Gasteiger partial charge is 0.495 e. The van der Waals surface area contributed by atoms with Gasteiger partial charge in [0.25, 0.3) is 5.91 Å². The second-order valence-corrected chi connectivity index (χ2v) is 8.18. The fraction of sp³-hybridized carbons (Fsp3) is 0.550. The average Bonchev–Trinajstić information content (AvgIpc) is 2.65. The number of esters is 1. The summed E-state index contributed by atoms with van der Waals surface area (Å²) in [5.74, 6) is -0.863. The van der Waals surface area contributed by atoms with Crippen LogP contribution in [0.2, 0.25) is 5.02 Å². The third kappa shape index (κ3) is 7.12. The van der Waals surface area contributed by atoms with E-state index in [1.54, 1.807) is 43.9 Å². The predicted molar refractivity (Wildman–Crippen MR) is 108 cm³/mol. The minimum atomic E-state index is -0.564. The first-order chi connectivity index (χ1) is 13.6. The fourth-order valence-electron chi connectivity index (χ4n) is 2.84. The van der Waals surface area contributed by atoms with Gasteiger partial charge in [-0.15, -0.1) is 0 Å². The summed E-state index contributed by atoms with van der Waals surface area (Å²) in [5, 5.41) is 3.05. The molecule has 1 aliphatic heterocycles. The van der Waals surface area contributed by atoms with Crippen molar-refractivity contribution >= 4 is 35.3 Å². The summed E-state index contributed by atoms with van der Waals surface area (Å²) >= 11 is 5.93. The molecule has 0 spiro atoms. The third-order valence-corrected chi connectivity index (χ3v) is 4.50. The van der Waals surface area contributed by atoms with Crippen molar-refractivity contribution in [2.24, 2.45) is 5.92 Å². The van der Waals surface area contributed by atoms with Gasteiger partial charge in [-0.2, -0.15) is 0 Å². The Bertz CT molecular complexity index is 754. The number of nitrogens with zero attached hydrogens (tertiary/aromatic N) is 1. The molecule has 29 heavy (non-hydrogen) atoms. The minimum absolute atomic E-state index is 0.359. The average molecular weight is 427 g/mol. The number of anilines is 1. The molecule has 0 aliphatic carbocycles. The molecule has 0 atom stereocenters. The molecule has 160 valence electrons. The molecule has 0 unspecified atom stereocenters. The quantitative estimate of drug-likeness (QED) is 0.724. The van der Waals surface area contributed by atoms with Crippen molar-refractivity contribution in [2.75, 3.05) is 32.1 Å². The number of carbonyl (C=O) groups is 3. The van der Waals surface area contributed by atoms with Gasteiger partial charge in [-0.3, -0.25) is 9.59 Å². The van der Waals surface area contributed by atoms with Crippen LogP contribution < -0.4 is 10.1 Å². The Kier molecular flexibility index (Phi) is 7.73. The maximum atomic E-state index is 12.3. The summed E-state index contributed by atoms with van der Waals surface area (Å²) in [6.07, 6.45) is 0.531. The molecular formula is C20H27ClN2O6. The lowest BCUT2D eigenvalue weighted by Gasteiger charge is -2.32. The van der Waals surface area contributed by atoms with E-state index in [0.717, 1.165) is 0 Å². The molecule has 1 N–H and O–H groups in total.